The Hall–Kier alpha value is 0.236. The molecule has 1 fully saturated rings. The summed E-state index contributed by atoms with van der Waals surface area (Å²) < 4.78 is 0. The molecule has 0 unspecified atom stereocenters. The van der Waals surface area contributed by atoms with Crippen LogP contribution < -0.4 is 5.32 Å². The van der Waals surface area contributed by atoms with E-state index >= 15 is 0 Å². The van der Waals surface area contributed by atoms with Crippen molar-refractivity contribution in [2.45, 2.75) is 64.2 Å². The second-order valence-electron chi connectivity index (χ2n) is 4.28. The third-order valence-electron chi connectivity index (χ3n) is 2.90. The van der Waals surface area contributed by atoms with Crippen molar-refractivity contribution < 1.29 is 7.65 Å². The van der Waals surface area contributed by atoms with Crippen LogP contribution in [0.15, 0.2) is 0 Å². The van der Waals surface area contributed by atoms with Crippen LogP contribution in [-0.4, -0.2) is 35.5 Å². The SMILES string of the molecule is O=C1CCCCCCCCCCCN1.[H-].[H-].[Mg+2]. The molecule has 15 heavy (non-hydrogen) atoms. The predicted octanol–water partition coefficient (Wildman–Crippen LogP) is 2.86. The van der Waals surface area contributed by atoms with Gasteiger partial charge >= 0.3 is 23.1 Å². The molecular formula is C12H25MgNO. The summed E-state index contributed by atoms with van der Waals surface area (Å²) in [4.78, 5) is 11.3. The van der Waals surface area contributed by atoms with Gasteiger partial charge in [-0.15, -0.1) is 0 Å². The molecule has 1 aliphatic heterocycles. The standard InChI is InChI=1S/C12H23NO.Mg.2H/c14-12-10-8-6-4-2-1-3-5-7-9-11-13-12;;;/h1-11H2,(H,13,14);;;/q;+2;2*-1. The van der Waals surface area contributed by atoms with E-state index < -0.39 is 0 Å². The zero-order chi connectivity index (χ0) is 10.1. The van der Waals surface area contributed by atoms with Gasteiger partial charge in [0.2, 0.25) is 5.91 Å². The Labute approximate surface area is 113 Å². The van der Waals surface area contributed by atoms with Crippen molar-refractivity contribution in [3.8, 4) is 0 Å². The minimum Gasteiger partial charge on any atom is -1.00 e. The Morgan fingerprint density at radius 2 is 1.27 bits per heavy atom. The number of carbonyl (C=O) groups excluding carboxylic acids is 1. The van der Waals surface area contributed by atoms with E-state index in [1.54, 1.807) is 0 Å². The number of hydrogen-bond acceptors (Lipinski definition) is 1. The van der Waals surface area contributed by atoms with Gasteiger partial charge in [0.15, 0.2) is 0 Å². The van der Waals surface area contributed by atoms with Gasteiger partial charge in [0.05, 0.1) is 0 Å². The van der Waals surface area contributed by atoms with Crippen LogP contribution in [0.2, 0.25) is 0 Å². The van der Waals surface area contributed by atoms with Crippen LogP contribution >= 0.6 is 0 Å². The van der Waals surface area contributed by atoms with Crippen LogP contribution in [0.25, 0.3) is 0 Å². The first-order chi connectivity index (χ1) is 6.89. The normalized spacial score (nSPS) is 21.2. The molecule has 0 bridgehead atoms. The summed E-state index contributed by atoms with van der Waals surface area (Å²) >= 11 is 0. The molecule has 86 valence electrons. The topological polar surface area (TPSA) is 29.1 Å². The van der Waals surface area contributed by atoms with Gasteiger partial charge in [0, 0.05) is 13.0 Å². The number of rotatable bonds is 0. The number of amides is 1. The average Bonchev–Trinajstić information content (AvgIpc) is 2.20. The molecule has 0 radical (unpaired) electrons. The molecule has 0 atom stereocenters. The van der Waals surface area contributed by atoms with Crippen LogP contribution in [0.5, 0.6) is 0 Å². The first kappa shape index (κ1) is 15.2. The Bertz CT molecular complexity index is 155. The van der Waals surface area contributed by atoms with Crippen molar-refractivity contribution in [1.82, 2.24) is 5.32 Å². The fourth-order valence-electron chi connectivity index (χ4n) is 1.96. The minimum absolute atomic E-state index is 0. The summed E-state index contributed by atoms with van der Waals surface area (Å²) in [5.41, 5.74) is 0. The van der Waals surface area contributed by atoms with Gasteiger partial charge in [-0.05, 0) is 12.8 Å². The summed E-state index contributed by atoms with van der Waals surface area (Å²) in [6, 6.07) is 0. The van der Waals surface area contributed by atoms with Gasteiger partial charge in [-0.2, -0.15) is 0 Å². The maximum atomic E-state index is 11.3. The quantitative estimate of drug-likeness (QED) is 0.629. The second-order valence-corrected chi connectivity index (χ2v) is 4.28. The van der Waals surface area contributed by atoms with Crippen molar-refractivity contribution in [2.75, 3.05) is 6.54 Å². The zero-order valence-corrected chi connectivity index (χ0v) is 11.3. The molecule has 1 rings (SSSR count). The zero-order valence-electron chi connectivity index (χ0n) is 11.9. The van der Waals surface area contributed by atoms with E-state index in [0.29, 0.717) is 0 Å². The third kappa shape index (κ3) is 9.18. The Morgan fingerprint density at radius 3 is 1.87 bits per heavy atom. The van der Waals surface area contributed by atoms with Crippen molar-refractivity contribution >= 4 is 29.0 Å². The molecule has 0 saturated carbocycles. The number of nitrogens with one attached hydrogen (secondary N) is 1. The second kappa shape index (κ2) is 10.7. The largest absolute Gasteiger partial charge is 2.00 e. The Morgan fingerprint density at radius 1 is 0.800 bits per heavy atom. The molecular weight excluding hydrogens is 198 g/mol. The average molecular weight is 224 g/mol. The van der Waals surface area contributed by atoms with Crippen LogP contribution in [0.4, 0.5) is 0 Å². The summed E-state index contributed by atoms with van der Waals surface area (Å²) in [7, 11) is 0. The molecule has 2 nitrogen and oxygen atoms in total. The van der Waals surface area contributed by atoms with Crippen LogP contribution in [0.3, 0.4) is 0 Å². The first-order valence-corrected chi connectivity index (χ1v) is 6.16. The summed E-state index contributed by atoms with van der Waals surface area (Å²) in [5.74, 6) is 0.254. The Balaban J connectivity index is -0.000000653. The van der Waals surface area contributed by atoms with E-state index in [0.717, 1.165) is 25.8 Å². The maximum absolute atomic E-state index is 11.3. The van der Waals surface area contributed by atoms with E-state index in [1.807, 2.05) is 0 Å². The number of hydrogen-bond donors (Lipinski definition) is 1. The molecule has 0 aromatic rings. The van der Waals surface area contributed by atoms with Gasteiger partial charge in [0.25, 0.3) is 0 Å². The summed E-state index contributed by atoms with van der Waals surface area (Å²) in [5, 5.41) is 2.98. The third-order valence-corrected chi connectivity index (χ3v) is 2.90. The molecule has 1 heterocycles. The molecule has 0 aliphatic carbocycles. The van der Waals surface area contributed by atoms with E-state index in [1.165, 1.54) is 44.9 Å². The molecule has 0 spiro atoms. The van der Waals surface area contributed by atoms with Crippen molar-refractivity contribution in [3.05, 3.63) is 0 Å². The van der Waals surface area contributed by atoms with Crippen LogP contribution in [0, 0.1) is 0 Å². The van der Waals surface area contributed by atoms with E-state index in [-0.39, 0.29) is 31.8 Å². The Kier molecular flexibility index (Phi) is 10.9. The number of carbonyl (C=O) groups is 1. The summed E-state index contributed by atoms with van der Waals surface area (Å²) in [6.07, 6.45) is 12.3. The van der Waals surface area contributed by atoms with E-state index in [2.05, 4.69) is 5.32 Å². The van der Waals surface area contributed by atoms with E-state index in [9.17, 15) is 4.79 Å². The summed E-state index contributed by atoms with van der Waals surface area (Å²) in [6.45, 7) is 0.888. The van der Waals surface area contributed by atoms with Gasteiger partial charge < -0.3 is 8.17 Å². The van der Waals surface area contributed by atoms with E-state index in [4.69, 9.17) is 0 Å². The molecule has 3 heteroatoms. The molecule has 0 aromatic carbocycles. The molecule has 1 amide bonds. The van der Waals surface area contributed by atoms with Crippen LogP contribution in [-0.2, 0) is 4.79 Å². The van der Waals surface area contributed by atoms with Crippen LogP contribution in [0.1, 0.15) is 67.1 Å². The van der Waals surface area contributed by atoms with Crippen molar-refractivity contribution in [3.63, 3.8) is 0 Å². The molecule has 1 saturated heterocycles. The van der Waals surface area contributed by atoms with Crippen molar-refractivity contribution in [1.29, 1.82) is 0 Å². The fourth-order valence-corrected chi connectivity index (χ4v) is 1.96. The smallest absolute Gasteiger partial charge is 1.00 e. The van der Waals surface area contributed by atoms with Gasteiger partial charge in [-0.1, -0.05) is 44.9 Å². The molecule has 0 aromatic heterocycles. The van der Waals surface area contributed by atoms with Gasteiger partial charge in [-0.25, -0.2) is 0 Å². The van der Waals surface area contributed by atoms with Gasteiger partial charge in [-0.3, -0.25) is 4.79 Å². The molecule has 1 N–H and O–H groups in total. The van der Waals surface area contributed by atoms with Crippen molar-refractivity contribution in [2.24, 2.45) is 0 Å². The molecule has 1 aliphatic rings. The predicted molar refractivity (Wildman–Crippen MR) is 67.2 cm³/mol. The maximum Gasteiger partial charge on any atom is 2.00 e. The first-order valence-electron chi connectivity index (χ1n) is 6.16. The van der Waals surface area contributed by atoms with Gasteiger partial charge in [0.1, 0.15) is 0 Å². The minimum atomic E-state index is 0. The fraction of sp³-hybridized carbons (Fsp3) is 0.917. The monoisotopic (exact) mass is 223 g/mol.